The molecule has 2 atom stereocenters. The van der Waals surface area contributed by atoms with Crippen molar-refractivity contribution in [3.63, 3.8) is 0 Å². The summed E-state index contributed by atoms with van der Waals surface area (Å²) in [7, 11) is -4.23. The lowest BCUT2D eigenvalue weighted by Crippen LogP contribution is -2.32. The predicted molar refractivity (Wildman–Crippen MR) is 84.7 cm³/mol. The number of rotatable bonds is 1. The number of ketones is 1. The largest absolute Gasteiger partial charge is 0.294 e. The lowest BCUT2D eigenvalue weighted by Gasteiger charge is -2.31. The van der Waals surface area contributed by atoms with Crippen molar-refractivity contribution >= 4 is 15.9 Å². The fraction of sp³-hybridized carbons (Fsp3) is 0.588. The molecule has 1 N–H and O–H groups in total. The van der Waals surface area contributed by atoms with Gasteiger partial charge in [0.25, 0.3) is 10.1 Å². The van der Waals surface area contributed by atoms with Crippen molar-refractivity contribution in [1.82, 2.24) is 0 Å². The molecule has 0 heterocycles. The second kappa shape index (κ2) is 4.42. The highest BCUT2D eigenvalue weighted by molar-refractivity contribution is 7.89. The number of Topliss-reactive ketones (excluding diaryl/α,β-unsaturated/α-hetero) is 1. The average Bonchev–Trinajstić information content (AvgIpc) is 2.70. The van der Waals surface area contributed by atoms with Crippen molar-refractivity contribution in [2.24, 2.45) is 16.7 Å². The van der Waals surface area contributed by atoms with E-state index < -0.39 is 10.1 Å². The van der Waals surface area contributed by atoms with Crippen molar-refractivity contribution in [2.75, 3.05) is 0 Å². The summed E-state index contributed by atoms with van der Waals surface area (Å²) in [5.74, 6) is 0.327. The standard InChI is InChI=1S/C17H22O4S/c1-10-5-6-11(9-13(10)22(19,20)21)14-12-7-8-17(4,15(14)18)16(12,2)3/h5-6,12H,7-9H2,1-4H3,(H,19,20,21). The predicted octanol–water partition coefficient (Wildman–Crippen LogP) is 3.43. The molecule has 0 aromatic rings. The minimum atomic E-state index is -4.23. The Morgan fingerprint density at radius 2 is 1.86 bits per heavy atom. The van der Waals surface area contributed by atoms with Crippen LogP contribution in [0.25, 0.3) is 0 Å². The van der Waals surface area contributed by atoms with Gasteiger partial charge in [-0.25, -0.2) is 0 Å². The molecule has 0 amide bonds. The minimum Gasteiger partial charge on any atom is -0.294 e. The number of allylic oxidation sites excluding steroid dienone is 6. The van der Waals surface area contributed by atoms with Gasteiger partial charge >= 0.3 is 0 Å². The highest BCUT2D eigenvalue weighted by atomic mass is 32.2. The van der Waals surface area contributed by atoms with Gasteiger partial charge < -0.3 is 0 Å². The first kappa shape index (κ1) is 15.7. The molecule has 3 aliphatic rings. The van der Waals surface area contributed by atoms with E-state index in [0.717, 1.165) is 24.0 Å². The maximum atomic E-state index is 12.9. The summed E-state index contributed by atoms with van der Waals surface area (Å²) in [6.45, 7) is 7.95. The molecule has 0 aromatic heterocycles. The van der Waals surface area contributed by atoms with E-state index in [1.807, 2.05) is 13.0 Å². The molecule has 0 spiro atoms. The van der Waals surface area contributed by atoms with Gasteiger partial charge in [0.05, 0.1) is 4.91 Å². The molecule has 0 radical (unpaired) electrons. The van der Waals surface area contributed by atoms with Crippen LogP contribution in [0, 0.1) is 16.7 Å². The molecule has 3 aliphatic carbocycles. The summed E-state index contributed by atoms with van der Waals surface area (Å²) in [5, 5.41) is 0. The number of hydrogen-bond acceptors (Lipinski definition) is 3. The molecular weight excluding hydrogens is 300 g/mol. The lowest BCUT2D eigenvalue weighted by atomic mass is 9.70. The van der Waals surface area contributed by atoms with Crippen molar-refractivity contribution in [3.05, 3.63) is 33.8 Å². The summed E-state index contributed by atoms with van der Waals surface area (Å²) in [6, 6.07) is 0. The third-order valence-corrected chi connectivity index (χ3v) is 7.39. The topological polar surface area (TPSA) is 71.4 Å². The van der Waals surface area contributed by atoms with Crippen LogP contribution in [0.2, 0.25) is 0 Å². The van der Waals surface area contributed by atoms with Crippen LogP contribution in [0.1, 0.15) is 47.0 Å². The monoisotopic (exact) mass is 322 g/mol. The van der Waals surface area contributed by atoms with E-state index in [1.54, 1.807) is 13.0 Å². The van der Waals surface area contributed by atoms with E-state index in [9.17, 15) is 17.8 Å². The number of fused-ring (bicyclic) bond motifs is 2. The van der Waals surface area contributed by atoms with E-state index in [2.05, 4.69) is 13.8 Å². The van der Waals surface area contributed by atoms with Crippen molar-refractivity contribution in [2.45, 2.75) is 47.0 Å². The van der Waals surface area contributed by atoms with Crippen LogP contribution >= 0.6 is 0 Å². The summed E-state index contributed by atoms with van der Waals surface area (Å²) >= 11 is 0. The van der Waals surface area contributed by atoms with E-state index in [-0.39, 0.29) is 33.9 Å². The Morgan fingerprint density at radius 3 is 2.36 bits per heavy atom. The first-order valence-electron chi connectivity index (χ1n) is 7.63. The van der Waals surface area contributed by atoms with Crippen LogP contribution in [-0.4, -0.2) is 18.8 Å². The fourth-order valence-electron chi connectivity index (χ4n) is 4.41. The number of carbonyl (C=O) groups is 1. The Kier molecular flexibility index (Phi) is 3.15. The molecule has 5 heteroatoms. The zero-order chi connectivity index (χ0) is 16.5. The summed E-state index contributed by atoms with van der Waals surface area (Å²) in [4.78, 5) is 12.9. The fourth-order valence-corrected chi connectivity index (χ4v) is 5.22. The van der Waals surface area contributed by atoms with Crippen molar-refractivity contribution in [1.29, 1.82) is 0 Å². The van der Waals surface area contributed by atoms with E-state index >= 15 is 0 Å². The van der Waals surface area contributed by atoms with Gasteiger partial charge in [0, 0.05) is 17.4 Å². The van der Waals surface area contributed by atoms with Gasteiger partial charge in [0.2, 0.25) is 0 Å². The second-order valence-corrected chi connectivity index (χ2v) is 8.95. The quantitative estimate of drug-likeness (QED) is 0.593. The molecule has 2 saturated carbocycles. The van der Waals surface area contributed by atoms with Gasteiger partial charge in [0.15, 0.2) is 5.78 Å². The molecule has 2 unspecified atom stereocenters. The second-order valence-electron chi connectivity index (χ2n) is 7.50. The molecule has 120 valence electrons. The molecule has 22 heavy (non-hydrogen) atoms. The summed E-state index contributed by atoms with van der Waals surface area (Å²) in [6.07, 6.45) is 5.50. The minimum absolute atomic E-state index is 0.0102. The van der Waals surface area contributed by atoms with Gasteiger partial charge in [-0.3, -0.25) is 9.35 Å². The van der Waals surface area contributed by atoms with E-state index in [1.165, 1.54) is 0 Å². The first-order chi connectivity index (χ1) is 10.00. The van der Waals surface area contributed by atoms with Crippen molar-refractivity contribution < 1.29 is 17.8 Å². The Hall–Kier alpha value is -1.20. The molecule has 0 aliphatic heterocycles. The zero-order valence-electron chi connectivity index (χ0n) is 13.4. The van der Waals surface area contributed by atoms with Crippen molar-refractivity contribution in [3.8, 4) is 0 Å². The van der Waals surface area contributed by atoms with Gasteiger partial charge in [-0.1, -0.05) is 32.9 Å². The third-order valence-electron chi connectivity index (χ3n) is 6.30. The maximum absolute atomic E-state index is 12.9. The lowest BCUT2D eigenvalue weighted by molar-refractivity contribution is -0.125. The van der Waals surface area contributed by atoms with E-state index in [0.29, 0.717) is 5.57 Å². The van der Waals surface area contributed by atoms with Gasteiger partial charge in [-0.15, -0.1) is 0 Å². The average molecular weight is 322 g/mol. The van der Waals surface area contributed by atoms with Crippen LogP contribution in [0.5, 0.6) is 0 Å². The Balaban J connectivity index is 2.12. The number of carbonyl (C=O) groups excluding carboxylic acids is 1. The van der Waals surface area contributed by atoms with Crippen LogP contribution in [0.4, 0.5) is 0 Å². The van der Waals surface area contributed by atoms with Crippen LogP contribution in [-0.2, 0) is 14.9 Å². The SMILES string of the molecule is CC1=C(S(=O)(=O)O)CC(=C2C(=O)C3(C)CCC2C3(C)C)C=C1. The molecular formula is C17H22O4S. The first-order valence-corrected chi connectivity index (χ1v) is 9.07. The Labute approximate surface area is 131 Å². The number of hydrogen-bond donors (Lipinski definition) is 1. The van der Waals surface area contributed by atoms with Crippen LogP contribution in [0.3, 0.4) is 0 Å². The summed E-state index contributed by atoms with van der Waals surface area (Å²) < 4.78 is 32.5. The molecule has 2 bridgehead atoms. The molecule has 0 aromatic carbocycles. The van der Waals surface area contributed by atoms with Gasteiger partial charge in [-0.05, 0) is 42.2 Å². The van der Waals surface area contributed by atoms with Gasteiger partial charge in [0.1, 0.15) is 0 Å². The molecule has 3 rings (SSSR count). The molecule has 2 fully saturated rings. The highest BCUT2D eigenvalue weighted by Crippen LogP contribution is 2.66. The maximum Gasteiger partial charge on any atom is 0.291 e. The van der Waals surface area contributed by atoms with Crippen LogP contribution in [0.15, 0.2) is 33.8 Å². The molecule has 0 saturated heterocycles. The summed E-state index contributed by atoms with van der Waals surface area (Å²) in [5.41, 5.74) is 1.61. The normalized spacial score (nSPS) is 37.3. The zero-order valence-corrected chi connectivity index (χ0v) is 14.3. The van der Waals surface area contributed by atoms with E-state index in [4.69, 9.17) is 0 Å². The smallest absolute Gasteiger partial charge is 0.291 e. The van der Waals surface area contributed by atoms with Crippen LogP contribution < -0.4 is 0 Å². The highest BCUT2D eigenvalue weighted by Gasteiger charge is 2.64. The molecule has 4 nitrogen and oxygen atoms in total. The third kappa shape index (κ3) is 1.85. The Morgan fingerprint density at radius 1 is 1.23 bits per heavy atom. The van der Waals surface area contributed by atoms with Gasteiger partial charge in [-0.2, -0.15) is 8.42 Å². The Bertz CT molecular complexity index is 764.